The molecule has 2 nitrogen and oxygen atoms in total. The third-order valence-corrected chi connectivity index (χ3v) is 3.71. The molecule has 0 saturated carbocycles. The van der Waals surface area contributed by atoms with Crippen LogP contribution < -0.4 is 10.6 Å². The van der Waals surface area contributed by atoms with Crippen molar-refractivity contribution in [1.29, 1.82) is 0 Å². The number of aryl methyl sites for hydroxylation is 1. The summed E-state index contributed by atoms with van der Waals surface area (Å²) in [6, 6.07) is 14.6. The van der Waals surface area contributed by atoms with Gasteiger partial charge in [-0.3, -0.25) is 0 Å². The quantitative estimate of drug-likeness (QED) is 0.908. The van der Waals surface area contributed by atoms with Crippen LogP contribution >= 0.6 is 11.6 Å². The van der Waals surface area contributed by atoms with Crippen LogP contribution in [0.5, 0.6) is 0 Å². The Bertz CT molecular complexity index is 593. The molecule has 0 saturated heterocycles. The number of nitrogens with two attached hydrogens (primary N) is 1. The Morgan fingerprint density at radius 1 is 1.15 bits per heavy atom. The Labute approximate surface area is 126 Å². The fraction of sp³-hybridized carbons (Fsp3) is 0.294. The highest BCUT2D eigenvalue weighted by molar-refractivity contribution is 6.33. The average molecular weight is 289 g/mol. The molecule has 0 aliphatic carbocycles. The van der Waals surface area contributed by atoms with Crippen LogP contribution in [0, 0.1) is 6.92 Å². The third-order valence-electron chi connectivity index (χ3n) is 3.41. The van der Waals surface area contributed by atoms with Gasteiger partial charge in [-0.05, 0) is 49.6 Å². The van der Waals surface area contributed by atoms with Crippen molar-refractivity contribution in [3.8, 4) is 0 Å². The van der Waals surface area contributed by atoms with E-state index in [-0.39, 0.29) is 6.04 Å². The van der Waals surface area contributed by atoms with Gasteiger partial charge >= 0.3 is 0 Å². The first-order valence-electron chi connectivity index (χ1n) is 6.82. The molecule has 0 aromatic heterocycles. The number of rotatable bonds is 4. The molecule has 3 heteroatoms. The Morgan fingerprint density at radius 3 is 2.45 bits per heavy atom. The maximum atomic E-state index is 6.43. The second-order valence-corrected chi connectivity index (χ2v) is 5.72. The van der Waals surface area contributed by atoms with E-state index in [0.29, 0.717) is 0 Å². The zero-order chi connectivity index (χ0) is 14.7. The van der Waals surface area contributed by atoms with E-state index in [2.05, 4.69) is 36.1 Å². The molecule has 2 rings (SSSR count). The lowest BCUT2D eigenvalue weighted by Gasteiger charge is -2.23. The Kier molecular flexibility index (Phi) is 4.69. The highest BCUT2D eigenvalue weighted by atomic mass is 35.5. The first-order chi connectivity index (χ1) is 9.49. The third kappa shape index (κ3) is 3.33. The minimum absolute atomic E-state index is 0.144. The van der Waals surface area contributed by atoms with Crippen molar-refractivity contribution in [2.75, 3.05) is 11.9 Å². The number of hydrogen-bond donors (Lipinski definition) is 1. The van der Waals surface area contributed by atoms with Gasteiger partial charge in [0.25, 0.3) is 0 Å². The number of para-hydroxylation sites is 1. The SMILES string of the molecule is Cc1ccccc1N(C)c1ccc(CC(C)N)cc1Cl. The molecule has 0 radical (unpaired) electrons. The van der Waals surface area contributed by atoms with Crippen LogP contribution in [0.25, 0.3) is 0 Å². The van der Waals surface area contributed by atoms with E-state index in [1.54, 1.807) is 0 Å². The van der Waals surface area contributed by atoms with Crippen LogP contribution in [0.3, 0.4) is 0 Å². The first-order valence-corrected chi connectivity index (χ1v) is 7.20. The number of benzene rings is 2. The summed E-state index contributed by atoms with van der Waals surface area (Å²) in [4.78, 5) is 2.12. The molecule has 0 fully saturated rings. The summed E-state index contributed by atoms with van der Waals surface area (Å²) in [5.41, 5.74) is 10.4. The van der Waals surface area contributed by atoms with E-state index >= 15 is 0 Å². The Balaban J connectivity index is 2.31. The molecule has 0 heterocycles. The van der Waals surface area contributed by atoms with Gasteiger partial charge < -0.3 is 10.6 Å². The molecule has 0 aliphatic heterocycles. The minimum Gasteiger partial charge on any atom is -0.343 e. The highest BCUT2D eigenvalue weighted by Gasteiger charge is 2.11. The number of anilines is 2. The molecule has 1 unspecified atom stereocenters. The van der Waals surface area contributed by atoms with Crippen LogP contribution in [0.1, 0.15) is 18.1 Å². The Hall–Kier alpha value is -1.51. The molecule has 106 valence electrons. The van der Waals surface area contributed by atoms with E-state index in [9.17, 15) is 0 Å². The second kappa shape index (κ2) is 6.29. The molecule has 0 spiro atoms. The van der Waals surface area contributed by atoms with Crippen molar-refractivity contribution in [3.63, 3.8) is 0 Å². The summed E-state index contributed by atoms with van der Waals surface area (Å²) < 4.78 is 0. The zero-order valence-corrected chi connectivity index (χ0v) is 13.0. The highest BCUT2D eigenvalue weighted by Crippen LogP contribution is 2.33. The minimum atomic E-state index is 0.144. The van der Waals surface area contributed by atoms with E-state index in [4.69, 9.17) is 17.3 Å². The topological polar surface area (TPSA) is 29.3 Å². The normalized spacial score (nSPS) is 12.2. The summed E-state index contributed by atoms with van der Waals surface area (Å²) in [5, 5.41) is 0.758. The van der Waals surface area contributed by atoms with Crippen LogP contribution in [0.4, 0.5) is 11.4 Å². The number of halogens is 1. The van der Waals surface area contributed by atoms with Gasteiger partial charge in [-0.25, -0.2) is 0 Å². The number of nitrogens with zero attached hydrogens (tertiary/aromatic N) is 1. The van der Waals surface area contributed by atoms with E-state index < -0.39 is 0 Å². The van der Waals surface area contributed by atoms with Gasteiger partial charge in [0.15, 0.2) is 0 Å². The van der Waals surface area contributed by atoms with E-state index in [1.165, 1.54) is 11.1 Å². The van der Waals surface area contributed by atoms with Gasteiger partial charge in [-0.15, -0.1) is 0 Å². The molecule has 0 bridgehead atoms. The lowest BCUT2D eigenvalue weighted by Crippen LogP contribution is -2.18. The lowest BCUT2D eigenvalue weighted by atomic mass is 10.1. The van der Waals surface area contributed by atoms with Crippen LogP contribution in [0.2, 0.25) is 5.02 Å². The molecule has 2 aromatic carbocycles. The monoisotopic (exact) mass is 288 g/mol. The van der Waals surface area contributed by atoms with Crippen LogP contribution in [0.15, 0.2) is 42.5 Å². The maximum absolute atomic E-state index is 6.43. The van der Waals surface area contributed by atoms with Crippen LogP contribution in [-0.2, 0) is 6.42 Å². The number of hydrogen-bond acceptors (Lipinski definition) is 2. The summed E-state index contributed by atoms with van der Waals surface area (Å²) in [6.07, 6.45) is 0.841. The largest absolute Gasteiger partial charge is 0.343 e. The average Bonchev–Trinajstić information content (AvgIpc) is 2.38. The van der Waals surface area contributed by atoms with Gasteiger partial charge in [-0.2, -0.15) is 0 Å². The molecule has 1 atom stereocenters. The molecule has 2 N–H and O–H groups in total. The lowest BCUT2D eigenvalue weighted by molar-refractivity contribution is 0.738. The van der Waals surface area contributed by atoms with Crippen molar-refractivity contribution in [2.24, 2.45) is 5.73 Å². The van der Waals surface area contributed by atoms with Gasteiger partial charge in [0.1, 0.15) is 0 Å². The van der Waals surface area contributed by atoms with Gasteiger partial charge in [0.05, 0.1) is 10.7 Å². The standard InChI is InChI=1S/C17H21ClN2/c1-12-6-4-5-7-16(12)20(3)17-9-8-14(10-13(2)19)11-15(17)18/h4-9,11,13H,10,19H2,1-3H3. The Morgan fingerprint density at radius 2 is 1.85 bits per heavy atom. The molecule has 0 amide bonds. The summed E-state index contributed by atoms with van der Waals surface area (Å²) in [6.45, 7) is 4.10. The molecule has 2 aromatic rings. The van der Waals surface area contributed by atoms with Gasteiger partial charge in [0, 0.05) is 18.8 Å². The molecule has 0 aliphatic rings. The summed E-state index contributed by atoms with van der Waals surface area (Å²) >= 11 is 6.43. The predicted octanol–water partition coefficient (Wildman–Crippen LogP) is 4.31. The maximum Gasteiger partial charge on any atom is 0.0645 e. The van der Waals surface area contributed by atoms with Crippen molar-refractivity contribution < 1.29 is 0 Å². The molecule has 20 heavy (non-hydrogen) atoms. The van der Waals surface area contributed by atoms with Crippen molar-refractivity contribution in [2.45, 2.75) is 26.3 Å². The van der Waals surface area contributed by atoms with Crippen molar-refractivity contribution in [3.05, 3.63) is 58.6 Å². The fourth-order valence-corrected chi connectivity index (χ4v) is 2.72. The zero-order valence-electron chi connectivity index (χ0n) is 12.2. The van der Waals surface area contributed by atoms with Gasteiger partial charge in [0.2, 0.25) is 0 Å². The van der Waals surface area contributed by atoms with Gasteiger partial charge in [-0.1, -0.05) is 35.9 Å². The second-order valence-electron chi connectivity index (χ2n) is 5.31. The predicted molar refractivity (Wildman–Crippen MR) is 88.0 cm³/mol. The molecular formula is C17H21ClN2. The van der Waals surface area contributed by atoms with E-state index in [0.717, 1.165) is 22.8 Å². The summed E-state index contributed by atoms with van der Waals surface area (Å²) in [7, 11) is 2.04. The summed E-state index contributed by atoms with van der Waals surface area (Å²) in [5.74, 6) is 0. The van der Waals surface area contributed by atoms with Crippen molar-refractivity contribution in [1.82, 2.24) is 0 Å². The smallest absolute Gasteiger partial charge is 0.0645 e. The first kappa shape index (κ1) is 14.9. The molecular weight excluding hydrogens is 268 g/mol. The van der Waals surface area contributed by atoms with Crippen molar-refractivity contribution >= 4 is 23.0 Å². The van der Waals surface area contributed by atoms with Crippen LogP contribution in [-0.4, -0.2) is 13.1 Å². The van der Waals surface area contributed by atoms with E-state index in [1.807, 2.05) is 32.2 Å². The fourth-order valence-electron chi connectivity index (χ4n) is 2.39.